The van der Waals surface area contributed by atoms with Gasteiger partial charge in [0.2, 0.25) is 0 Å². The van der Waals surface area contributed by atoms with E-state index in [0.29, 0.717) is 28.8 Å². The average Bonchev–Trinajstić information content (AvgIpc) is 2.82. The summed E-state index contributed by atoms with van der Waals surface area (Å²) in [5, 5.41) is 13.1. The van der Waals surface area contributed by atoms with E-state index in [9.17, 15) is 18.8 Å². The SMILES string of the molecule is COC(=O)c1nc(Cl)ccc1N[C@H](C)c1cc(C)cc2nc(C#N)c(N3CCCC(F)(F)C3)nc12. The Balaban J connectivity index is 1.79. The number of halogens is 3. The Hall–Kier alpha value is -3.58. The summed E-state index contributed by atoms with van der Waals surface area (Å²) in [6.07, 6.45) is 0.0889. The van der Waals surface area contributed by atoms with E-state index in [1.165, 1.54) is 12.0 Å². The summed E-state index contributed by atoms with van der Waals surface area (Å²) in [6, 6.07) is 8.46. The first-order valence-electron chi connectivity index (χ1n) is 11.0. The van der Waals surface area contributed by atoms with Crippen molar-refractivity contribution in [2.24, 2.45) is 0 Å². The van der Waals surface area contributed by atoms with Gasteiger partial charge < -0.3 is 15.0 Å². The molecule has 0 aliphatic carbocycles. The van der Waals surface area contributed by atoms with Crippen molar-refractivity contribution in [3.8, 4) is 6.07 Å². The number of hydrogen-bond donors (Lipinski definition) is 1. The van der Waals surface area contributed by atoms with Gasteiger partial charge >= 0.3 is 5.97 Å². The van der Waals surface area contributed by atoms with Gasteiger partial charge in [-0.1, -0.05) is 17.7 Å². The van der Waals surface area contributed by atoms with Crippen molar-refractivity contribution in [2.45, 2.75) is 38.7 Å². The highest BCUT2D eigenvalue weighted by atomic mass is 35.5. The van der Waals surface area contributed by atoms with Gasteiger partial charge in [0.25, 0.3) is 5.92 Å². The minimum Gasteiger partial charge on any atom is -0.464 e. The number of esters is 1. The largest absolute Gasteiger partial charge is 0.464 e. The molecule has 1 N–H and O–H groups in total. The van der Waals surface area contributed by atoms with E-state index in [2.05, 4.69) is 20.3 Å². The standard InChI is InChI=1S/C24H23ClF2N6O2/c1-13-9-15(14(2)29-16-5-6-19(25)31-21(16)23(34)35-3)20-17(10-13)30-18(11-28)22(32-20)33-8-4-7-24(26,27)12-33/h5-6,9-10,14,29H,4,7-8,12H2,1-3H3/t14-/m1/s1. The maximum absolute atomic E-state index is 14.1. The number of nitriles is 1. The molecular formula is C24H23ClF2N6O2. The number of rotatable bonds is 5. The van der Waals surface area contributed by atoms with Crippen LogP contribution in [0.2, 0.25) is 5.15 Å². The van der Waals surface area contributed by atoms with Crippen LogP contribution in [0.25, 0.3) is 11.0 Å². The maximum atomic E-state index is 14.1. The summed E-state index contributed by atoms with van der Waals surface area (Å²) in [4.78, 5) is 26.8. The number of nitrogens with one attached hydrogen (secondary N) is 1. The van der Waals surface area contributed by atoms with Crippen LogP contribution in [0.4, 0.5) is 20.3 Å². The first kappa shape index (κ1) is 24.5. The van der Waals surface area contributed by atoms with Crippen molar-refractivity contribution in [3.63, 3.8) is 0 Å². The predicted octanol–water partition coefficient (Wildman–Crippen LogP) is 5.05. The maximum Gasteiger partial charge on any atom is 0.358 e. The van der Waals surface area contributed by atoms with Crippen LogP contribution in [-0.2, 0) is 4.74 Å². The first-order chi connectivity index (χ1) is 16.6. The molecule has 11 heteroatoms. The third-order valence-corrected chi connectivity index (χ3v) is 6.01. The van der Waals surface area contributed by atoms with Gasteiger partial charge in [-0.15, -0.1) is 0 Å². The number of aromatic nitrogens is 3. The number of piperidine rings is 1. The molecule has 35 heavy (non-hydrogen) atoms. The van der Waals surface area contributed by atoms with Crippen molar-refractivity contribution in [1.29, 1.82) is 5.26 Å². The van der Waals surface area contributed by atoms with Crippen molar-refractivity contribution in [1.82, 2.24) is 15.0 Å². The molecule has 0 saturated carbocycles. The molecule has 1 aliphatic heterocycles. The van der Waals surface area contributed by atoms with Crippen LogP contribution in [0.15, 0.2) is 24.3 Å². The smallest absolute Gasteiger partial charge is 0.358 e. The van der Waals surface area contributed by atoms with E-state index in [4.69, 9.17) is 16.3 Å². The number of hydrogen-bond acceptors (Lipinski definition) is 8. The number of benzene rings is 1. The van der Waals surface area contributed by atoms with E-state index in [-0.39, 0.29) is 35.2 Å². The number of ether oxygens (including phenoxy) is 1. The minimum absolute atomic E-state index is 0.00207. The van der Waals surface area contributed by atoms with Crippen LogP contribution in [0, 0.1) is 18.3 Å². The zero-order valence-electron chi connectivity index (χ0n) is 19.4. The minimum atomic E-state index is -2.86. The third-order valence-electron chi connectivity index (χ3n) is 5.80. The number of pyridine rings is 1. The molecule has 4 rings (SSSR count). The molecule has 3 heterocycles. The van der Waals surface area contributed by atoms with Crippen LogP contribution in [0.3, 0.4) is 0 Å². The molecule has 0 unspecified atom stereocenters. The van der Waals surface area contributed by atoms with Crippen molar-refractivity contribution in [3.05, 3.63) is 51.9 Å². The molecule has 0 radical (unpaired) electrons. The van der Waals surface area contributed by atoms with Crippen molar-refractivity contribution >= 4 is 40.1 Å². The van der Waals surface area contributed by atoms with Gasteiger partial charge in [0, 0.05) is 18.5 Å². The zero-order valence-corrected chi connectivity index (χ0v) is 20.2. The highest BCUT2D eigenvalue weighted by molar-refractivity contribution is 6.29. The number of nitrogens with zero attached hydrogens (tertiary/aromatic N) is 5. The molecule has 8 nitrogen and oxygen atoms in total. The number of fused-ring (bicyclic) bond motifs is 1. The van der Waals surface area contributed by atoms with E-state index < -0.39 is 24.5 Å². The van der Waals surface area contributed by atoms with E-state index in [0.717, 1.165) is 5.56 Å². The molecule has 182 valence electrons. The topological polar surface area (TPSA) is 104 Å². The molecule has 3 aromatic rings. The van der Waals surface area contributed by atoms with E-state index >= 15 is 0 Å². The van der Waals surface area contributed by atoms with Crippen LogP contribution in [0.1, 0.15) is 53.1 Å². The fraction of sp³-hybridized carbons (Fsp3) is 0.375. The highest BCUT2D eigenvalue weighted by Gasteiger charge is 2.37. The predicted molar refractivity (Wildman–Crippen MR) is 128 cm³/mol. The number of alkyl halides is 2. The summed E-state index contributed by atoms with van der Waals surface area (Å²) >= 11 is 5.96. The van der Waals surface area contributed by atoms with Gasteiger partial charge in [-0.2, -0.15) is 5.26 Å². The van der Waals surface area contributed by atoms with Crippen molar-refractivity contribution in [2.75, 3.05) is 30.4 Å². The third kappa shape index (κ3) is 5.10. The Kier molecular flexibility index (Phi) is 6.72. The second kappa shape index (κ2) is 9.58. The molecule has 1 atom stereocenters. The molecule has 1 saturated heterocycles. The number of anilines is 2. The monoisotopic (exact) mass is 500 g/mol. The van der Waals surface area contributed by atoms with Gasteiger partial charge in [0.1, 0.15) is 11.2 Å². The van der Waals surface area contributed by atoms with Gasteiger partial charge in [-0.3, -0.25) is 0 Å². The molecule has 2 aromatic heterocycles. The Labute approximate surface area is 205 Å². The van der Waals surface area contributed by atoms with Gasteiger partial charge in [-0.05, 0) is 44.0 Å². The lowest BCUT2D eigenvalue weighted by Crippen LogP contribution is -2.43. The molecule has 0 amide bonds. The number of carbonyl (C=O) groups excluding carboxylic acids is 1. The van der Waals surface area contributed by atoms with Gasteiger partial charge in [0.05, 0.1) is 36.4 Å². The first-order valence-corrected chi connectivity index (χ1v) is 11.4. The Morgan fingerprint density at radius 3 is 2.77 bits per heavy atom. The molecule has 0 spiro atoms. The van der Waals surface area contributed by atoms with Gasteiger partial charge in [-0.25, -0.2) is 28.5 Å². The van der Waals surface area contributed by atoms with Crippen LogP contribution >= 0.6 is 11.6 Å². The van der Waals surface area contributed by atoms with Crippen LogP contribution < -0.4 is 10.2 Å². The second-order valence-corrected chi connectivity index (χ2v) is 8.89. The lowest BCUT2D eigenvalue weighted by atomic mass is 10.0. The second-order valence-electron chi connectivity index (χ2n) is 8.50. The number of methoxy groups -OCH3 is 1. The molecule has 1 fully saturated rings. The zero-order chi connectivity index (χ0) is 25.3. The summed E-state index contributed by atoms with van der Waals surface area (Å²) in [7, 11) is 1.25. The highest BCUT2D eigenvalue weighted by Crippen LogP contribution is 2.34. The summed E-state index contributed by atoms with van der Waals surface area (Å²) in [5.74, 6) is -3.37. The fourth-order valence-corrected chi connectivity index (χ4v) is 4.36. The van der Waals surface area contributed by atoms with E-state index in [1.807, 2.05) is 26.0 Å². The quantitative estimate of drug-likeness (QED) is 0.383. The van der Waals surface area contributed by atoms with Crippen LogP contribution in [-0.4, -0.2) is 47.0 Å². The molecule has 1 aliphatic rings. The Bertz CT molecular complexity index is 1340. The van der Waals surface area contributed by atoms with E-state index in [1.54, 1.807) is 18.2 Å². The fourth-order valence-electron chi connectivity index (χ4n) is 4.21. The number of aryl methyl sites for hydroxylation is 1. The average molecular weight is 501 g/mol. The Morgan fingerprint density at radius 2 is 2.09 bits per heavy atom. The normalized spacial score (nSPS) is 16.0. The summed E-state index contributed by atoms with van der Waals surface area (Å²) in [5.41, 5.74) is 2.97. The molecule has 1 aromatic carbocycles. The molecular weight excluding hydrogens is 478 g/mol. The van der Waals surface area contributed by atoms with Gasteiger partial charge in [0.15, 0.2) is 17.2 Å². The van der Waals surface area contributed by atoms with Crippen molar-refractivity contribution < 1.29 is 18.3 Å². The van der Waals surface area contributed by atoms with Crippen LogP contribution in [0.5, 0.6) is 0 Å². The Morgan fingerprint density at radius 1 is 1.31 bits per heavy atom. The molecule has 0 bridgehead atoms. The lowest BCUT2D eigenvalue weighted by Gasteiger charge is -2.33. The summed E-state index contributed by atoms with van der Waals surface area (Å²) in [6.45, 7) is 3.58. The number of carbonyl (C=O) groups is 1. The lowest BCUT2D eigenvalue weighted by molar-refractivity contribution is -0.0118. The summed E-state index contributed by atoms with van der Waals surface area (Å²) < 4.78 is 33.0.